The molecule has 0 aromatic rings. The van der Waals surface area contributed by atoms with Crippen molar-refractivity contribution in [1.29, 1.82) is 0 Å². The molecule has 0 saturated carbocycles. The fourth-order valence-electron chi connectivity index (χ4n) is 0.256. The zero-order valence-corrected chi connectivity index (χ0v) is 6.52. The van der Waals surface area contributed by atoms with Crippen molar-refractivity contribution in [1.82, 2.24) is 5.43 Å². The van der Waals surface area contributed by atoms with Gasteiger partial charge in [-0.25, -0.2) is 0 Å². The van der Waals surface area contributed by atoms with Crippen LogP contribution in [0, 0.1) is 0 Å². The summed E-state index contributed by atoms with van der Waals surface area (Å²) in [6, 6.07) is 0. The van der Waals surface area contributed by atoms with Crippen LogP contribution in [0.25, 0.3) is 0 Å². The number of nitrogens with two attached hydrogens (primary N) is 1. The number of rotatable bonds is 1. The molecule has 0 unspecified atom stereocenters. The summed E-state index contributed by atoms with van der Waals surface area (Å²) in [7, 11) is 0. The molecule has 0 aliphatic heterocycles. The van der Waals surface area contributed by atoms with E-state index in [1.54, 1.807) is 6.92 Å². The zero-order chi connectivity index (χ0) is 7.49. The average molecular weight is 129 g/mol. The second kappa shape index (κ2) is 2.71. The Bertz CT molecular complexity index is 106. The fourth-order valence-corrected chi connectivity index (χ4v) is 0.256. The standard InChI is InChI=1S/C6H15N3/c1-5(7)8-9-6(2,3)4/h9H,1-4H3,(H2,7,8). The van der Waals surface area contributed by atoms with Gasteiger partial charge in [0.1, 0.15) is 5.84 Å². The molecule has 0 aromatic carbocycles. The number of nitrogens with one attached hydrogen (secondary N) is 1. The summed E-state index contributed by atoms with van der Waals surface area (Å²) in [5, 5.41) is 3.84. The number of amidine groups is 1. The van der Waals surface area contributed by atoms with Crippen LogP contribution in [0.5, 0.6) is 0 Å². The van der Waals surface area contributed by atoms with Crippen molar-refractivity contribution in [2.24, 2.45) is 10.8 Å². The smallest absolute Gasteiger partial charge is 0.116 e. The normalized spacial score (nSPS) is 13.6. The van der Waals surface area contributed by atoms with E-state index in [4.69, 9.17) is 5.73 Å². The Morgan fingerprint density at radius 2 is 1.89 bits per heavy atom. The van der Waals surface area contributed by atoms with Crippen molar-refractivity contribution in [3.63, 3.8) is 0 Å². The Kier molecular flexibility index (Phi) is 2.49. The van der Waals surface area contributed by atoms with Crippen LogP contribution in [0.2, 0.25) is 0 Å². The lowest BCUT2D eigenvalue weighted by atomic mass is 10.1. The van der Waals surface area contributed by atoms with E-state index in [1.165, 1.54) is 0 Å². The first-order valence-electron chi connectivity index (χ1n) is 2.99. The Balaban J connectivity index is 3.64. The molecule has 0 heterocycles. The van der Waals surface area contributed by atoms with Crippen molar-refractivity contribution in [3.05, 3.63) is 0 Å². The Hall–Kier alpha value is -0.730. The maximum Gasteiger partial charge on any atom is 0.116 e. The Labute approximate surface area is 56.3 Å². The van der Waals surface area contributed by atoms with Crippen molar-refractivity contribution < 1.29 is 0 Å². The molecule has 3 N–H and O–H groups in total. The van der Waals surface area contributed by atoms with Gasteiger partial charge in [-0.3, -0.25) is 0 Å². The maximum atomic E-state index is 5.29. The lowest BCUT2D eigenvalue weighted by Gasteiger charge is -2.17. The predicted molar refractivity (Wildman–Crippen MR) is 40.2 cm³/mol. The zero-order valence-electron chi connectivity index (χ0n) is 6.52. The van der Waals surface area contributed by atoms with Crippen LogP contribution >= 0.6 is 0 Å². The van der Waals surface area contributed by atoms with Gasteiger partial charge in [-0.05, 0) is 27.7 Å². The van der Waals surface area contributed by atoms with E-state index in [9.17, 15) is 0 Å². The third-order valence-corrected chi connectivity index (χ3v) is 0.568. The summed E-state index contributed by atoms with van der Waals surface area (Å²) < 4.78 is 0. The molecule has 0 aromatic heterocycles. The molecular weight excluding hydrogens is 114 g/mol. The second-order valence-corrected chi connectivity index (χ2v) is 3.11. The molecule has 54 valence electrons. The lowest BCUT2D eigenvalue weighted by Crippen LogP contribution is -2.33. The molecule has 0 atom stereocenters. The van der Waals surface area contributed by atoms with Gasteiger partial charge in [-0.1, -0.05) is 0 Å². The molecule has 3 heteroatoms. The fraction of sp³-hybridized carbons (Fsp3) is 0.833. The van der Waals surface area contributed by atoms with Gasteiger partial charge >= 0.3 is 0 Å². The predicted octanol–water partition coefficient (Wildman–Crippen LogP) is 0.667. The monoisotopic (exact) mass is 129 g/mol. The summed E-state index contributed by atoms with van der Waals surface area (Å²) in [4.78, 5) is 0. The van der Waals surface area contributed by atoms with E-state index in [0.717, 1.165) is 0 Å². The molecule has 3 nitrogen and oxygen atoms in total. The highest BCUT2D eigenvalue weighted by Crippen LogP contribution is 1.96. The summed E-state index contributed by atoms with van der Waals surface area (Å²) in [6.45, 7) is 7.83. The van der Waals surface area contributed by atoms with Crippen molar-refractivity contribution in [2.45, 2.75) is 33.2 Å². The van der Waals surface area contributed by atoms with Gasteiger partial charge < -0.3 is 11.2 Å². The van der Waals surface area contributed by atoms with Crippen molar-refractivity contribution >= 4 is 5.84 Å². The van der Waals surface area contributed by atoms with Crippen LogP contribution in [-0.4, -0.2) is 11.4 Å². The first-order valence-corrected chi connectivity index (χ1v) is 2.99. The molecule has 0 fully saturated rings. The van der Waals surface area contributed by atoms with E-state index in [1.807, 2.05) is 20.8 Å². The topological polar surface area (TPSA) is 50.4 Å². The Morgan fingerprint density at radius 1 is 1.44 bits per heavy atom. The number of hydrogen-bond acceptors (Lipinski definition) is 2. The van der Waals surface area contributed by atoms with Gasteiger partial charge in [0, 0.05) is 5.54 Å². The molecule has 0 aliphatic rings. The first kappa shape index (κ1) is 8.27. The van der Waals surface area contributed by atoms with Crippen LogP contribution in [-0.2, 0) is 0 Å². The highest BCUT2D eigenvalue weighted by molar-refractivity contribution is 5.77. The molecule has 9 heavy (non-hydrogen) atoms. The van der Waals surface area contributed by atoms with E-state index in [-0.39, 0.29) is 5.54 Å². The van der Waals surface area contributed by atoms with Gasteiger partial charge in [0.05, 0.1) is 0 Å². The summed E-state index contributed by atoms with van der Waals surface area (Å²) >= 11 is 0. The second-order valence-electron chi connectivity index (χ2n) is 3.11. The Morgan fingerprint density at radius 3 is 2.00 bits per heavy atom. The molecule has 0 saturated heterocycles. The highest BCUT2D eigenvalue weighted by atomic mass is 15.3. The van der Waals surface area contributed by atoms with Gasteiger partial charge in [0.2, 0.25) is 0 Å². The van der Waals surface area contributed by atoms with Gasteiger partial charge in [-0.2, -0.15) is 5.10 Å². The number of hydrazone groups is 1. The molecule has 0 bridgehead atoms. The lowest BCUT2D eigenvalue weighted by molar-refractivity contribution is 0.440. The highest BCUT2D eigenvalue weighted by Gasteiger charge is 2.05. The maximum absolute atomic E-state index is 5.29. The van der Waals surface area contributed by atoms with Gasteiger partial charge in [0.15, 0.2) is 0 Å². The summed E-state index contributed by atoms with van der Waals surface area (Å²) in [5.41, 5.74) is 8.19. The average Bonchev–Trinajstić information content (AvgIpc) is 1.59. The van der Waals surface area contributed by atoms with Crippen LogP contribution in [0.3, 0.4) is 0 Å². The minimum atomic E-state index is 0.0145. The van der Waals surface area contributed by atoms with Crippen LogP contribution in [0.1, 0.15) is 27.7 Å². The molecule has 0 spiro atoms. The van der Waals surface area contributed by atoms with Crippen LogP contribution < -0.4 is 11.2 Å². The van der Waals surface area contributed by atoms with Crippen LogP contribution in [0.4, 0.5) is 0 Å². The molecule has 0 aliphatic carbocycles. The molecule has 0 amide bonds. The third-order valence-electron chi connectivity index (χ3n) is 0.568. The van der Waals surface area contributed by atoms with E-state index in [2.05, 4.69) is 10.5 Å². The minimum absolute atomic E-state index is 0.0145. The van der Waals surface area contributed by atoms with E-state index in [0.29, 0.717) is 5.84 Å². The molecular formula is C6H15N3. The van der Waals surface area contributed by atoms with E-state index >= 15 is 0 Å². The van der Waals surface area contributed by atoms with Crippen LogP contribution in [0.15, 0.2) is 5.10 Å². The van der Waals surface area contributed by atoms with Crippen molar-refractivity contribution in [2.75, 3.05) is 0 Å². The minimum Gasteiger partial charge on any atom is -0.386 e. The summed E-state index contributed by atoms with van der Waals surface area (Å²) in [6.07, 6.45) is 0. The molecule has 0 rings (SSSR count). The number of nitrogens with zero attached hydrogens (tertiary/aromatic N) is 1. The van der Waals surface area contributed by atoms with Gasteiger partial charge in [0.25, 0.3) is 0 Å². The third kappa shape index (κ3) is 7.27. The van der Waals surface area contributed by atoms with E-state index < -0.39 is 0 Å². The summed E-state index contributed by atoms with van der Waals surface area (Å²) in [5.74, 6) is 0.560. The number of hydrogen-bond donors (Lipinski definition) is 2. The quantitative estimate of drug-likeness (QED) is 0.310. The first-order chi connectivity index (χ1) is 3.92. The largest absolute Gasteiger partial charge is 0.386 e. The molecule has 0 radical (unpaired) electrons. The van der Waals surface area contributed by atoms with Gasteiger partial charge in [-0.15, -0.1) is 0 Å². The van der Waals surface area contributed by atoms with Crippen molar-refractivity contribution in [3.8, 4) is 0 Å². The SMILES string of the molecule is C/C(N)=N/NC(C)(C)C.